The van der Waals surface area contributed by atoms with Crippen LogP contribution >= 0.6 is 0 Å². The number of rotatable bonds is 19. The highest BCUT2D eigenvalue weighted by Gasteiger charge is 2.32. The zero-order valence-electron chi connectivity index (χ0n) is 18.7. The van der Waals surface area contributed by atoms with E-state index in [1.807, 2.05) is 0 Å². The van der Waals surface area contributed by atoms with E-state index in [4.69, 9.17) is 11.5 Å². The molecule has 0 aliphatic carbocycles. The van der Waals surface area contributed by atoms with Gasteiger partial charge in [0.25, 0.3) is 0 Å². The van der Waals surface area contributed by atoms with Gasteiger partial charge in [0, 0.05) is 18.1 Å². The summed E-state index contributed by atoms with van der Waals surface area (Å²) in [6, 6.07) is 0.0967. The van der Waals surface area contributed by atoms with Crippen LogP contribution < -0.4 is 11.5 Å². The van der Waals surface area contributed by atoms with Crippen molar-refractivity contribution in [1.29, 1.82) is 0 Å². The van der Waals surface area contributed by atoms with Crippen LogP contribution in [0.15, 0.2) is 0 Å². The van der Waals surface area contributed by atoms with Crippen molar-refractivity contribution in [2.75, 3.05) is 19.6 Å². The third kappa shape index (κ3) is 12.3. The molecule has 0 saturated heterocycles. The Morgan fingerprint density at radius 2 is 1.04 bits per heavy atom. The summed E-state index contributed by atoms with van der Waals surface area (Å²) in [7, 11) is 0. The predicted molar refractivity (Wildman–Crippen MR) is 119 cm³/mol. The SMILES string of the molecule is CCCCCN(CCCCC)CC(N)C(N)(CCCCC)CCCCC. The first-order valence-electron chi connectivity index (χ1n) is 11.8. The molecular formula is C23H51N3. The molecule has 0 heterocycles. The number of nitrogens with zero attached hydrogens (tertiary/aromatic N) is 1. The molecule has 0 aromatic carbocycles. The number of unbranched alkanes of at least 4 members (excludes halogenated alkanes) is 8. The van der Waals surface area contributed by atoms with Crippen molar-refractivity contribution in [2.45, 2.75) is 129 Å². The minimum absolute atomic E-state index is 0.0967. The molecule has 0 fully saturated rings. The summed E-state index contributed by atoms with van der Waals surface area (Å²) < 4.78 is 0. The Morgan fingerprint density at radius 3 is 1.42 bits per heavy atom. The Bertz CT molecular complexity index is 273. The molecule has 4 N–H and O–H groups in total. The number of hydrogen-bond acceptors (Lipinski definition) is 3. The minimum Gasteiger partial charge on any atom is -0.325 e. The minimum atomic E-state index is -0.182. The number of hydrogen-bond donors (Lipinski definition) is 2. The average Bonchev–Trinajstić information content (AvgIpc) is 2.62. The predicted octanol–water partition coefficient (Wildman–Crippen LogP) is 5.85. The van der Waals surface area contributed by atoms with Crippen molar-refractivity contribution < 1.29 is 0 Å². The first kappa shape index (κ1) is 25.9. The van der Waals surface area contributed by atoms with E-state index in [9.17, 15) is 0 Å². The zero-order chi connectivity index (χ0) is 19.7. The van der Waals surface area contributed by atoms with E-state index in [1.54, 1.807) is 0 Å². The molecule has 0 amide bonds. The maximum Gasteiger partial charge on any atom is 0.0351 e. The summed E-state index contributed by atoms with van der Waals surface area (Å²) in [4.78, 5) is 2.61. The molecule has 1 unspecified atom stereocenters. The van der Waals surface area contributed by atoms with Gasteiger partial charge in [0.15, 0.2) is 0 Å². The van der Waals surface area contributed by atoms with Crippen molar-refractivity contribution in [3.63, 3.8) is 0 Å². The van der Waals surface area contributed by atoms with E-state index in [0.29, 0.717) is 0 Å². The fraction of sp³-hybridized carbons (Fsp3) is 1.00. The molecule has 0 saturated carbocycles. The van der Waals surface area contributed by atoms with Gasteiger partial charge >= 0.3 is 0 Å². The molecule has 158 valence electrons. The maximum absolute atomic E-state index is 6.93. The maximum atomic E-state index is 6.93. The lowest BCUT2D eigenvalue weighted by Gasteiger charge is -2.39. The second-order valence-electron chi connectivity index (χ2n) is 8.47. The fourth-order valence-corrected chi connectivity index (χ4v) is 3.83. The van der Waals surface area contributed by atoms with Crippen LogP contribution in [0.4, 0.5) is 0 Å². The molecule has 0 aliphatic heterocycles. The normalized spacial score (nSPS) is 13.5. The topological polar surface area (TPSA) is 55.3 Å². The summed E-state index contributed by atoms with van der Waals surface area (Å²) in [6.07, 6.45) is 17.4. The highest BCUT2D eigenvalue weighted by Crippen LogP contribution is 2.24. The Hall–Kier alpha value is -0.120. The Morgan fingerprint density at radius 1 is 0.654 bits per heavy atom. The molecule has 0 bridgehead atoms. The Balaban J connectivity index is 4.76. The van der Waals surface area contributed by atoms with Gasteiger partial charge in [-0.2, -0.15) is 0 Å². The first-order chi connectivity index (χ1) is 12.5. The van der Waals surface area contributed by atoms with Gasteiger partial charge in [0.2, 0.25) is 0 Å². The second-order valence-corrected chi connectivity index (χ2v) is 8.47. The standard InChI is InChI=1S/C23H51N3/c1-5-9-13-17-23(25,18-14-10-6-2)22(24)21-26(19-15-11-7-3)20-16-12-8-4/h22H,5-21,24-25H2,1-4H3. The second kappa shape index (κ2) is 17.0. The van der Waals surface area contributed by atoms with Crippen LogP contribution in [0, 0.1) is 0 Å². The summed E-state index contributed by atoms with van der Waals surface area (Å²) in [6.45, 7) is 12.4. The molecule has 0 spiro atoms. The van der Waals surface area contributed by atoms with Gasteiger partial charge in [-0.3, -0.25) is 0 Å². The lowest BCUT2D eigenvalue weighted by atomic mass is 9.81. The third-order valence-corrected chi connectivity index (χ3v) is 5.84. The number of nitrogens with two attached hydrogens (primary N) is 2. The van der Waals surface area contributed by atoms with Gasteiger partial charge in [-0.25, -0.2) is 0 Å². The average molecular weight is 370 g/mol. The van der Waals surface area contributed by atoms with Crippen LogP contribution in [-0.2, 0) is 0 Å². The summed E-state index contributed by atoms with van der Waals surface area (Å²) in [5.74, 6) is 0. The van der Waals surface area contributed by atoms with Crippen LogP contribution in [0.5, 0.6) is 0 Å². The van der Waals surface area contributed by atoms with Crippen LogP contribution in [0.1, 0.15) is 118 Å². The van der Waals surface area contributed by atoms with E-state index in [0.717, 1.165) is 19.4 Å². The quantitative estimate of drug-likeness (QED) is 0.281. The van der Waals surface area contributed by atoms with Gasteiger partial charge in [-0.05, 0) is 38.8 Å². The smallest absolute Gasteiger partial charge is 0.0351 e. The highest BCUT2D eigenvalue weighted by atomic mass is 15.1. The lowest BCUT2D eigenvalue weighted by molar-refractivity contribution is 0.188. The lowest BCUT2D eigenvalue weighted by Crippen LogP contribution is -2.59. The molecular weight excluding hydrogens is 318 g/mol. The van der Waals surface area contributed by atoms with Gasteiger partial charge in [-0.1, -0.05) is 91.9 Å². The summed E-state index contributed by atoms with van der Waals surface area (Å²) in [5, 5.41) is 0. The molecule has 3 nitrogen and oxygen atoms in total. The molecule has 0 aromatic rings. The zero-order valence-corrected chi connectivity index (χ0v) is 18.7. The third-order valence-electron chi connectivity index (χ3n) is 5.84. The molecule has 3 heteroatoms. The van der Waals surface area contributed by atoms with Gasteiger partial charge in [0.05, 0.1) is 0 Å². The van der Waals surface area contributed by atoms with E-state index >= 15 is 0 Å². The van der Waals surface area contributed by atoms with Crippen LogP contribution in [0.25, 0.3) is 0 Å². The van der Waals surface area contributed by atoms with E-state index in [-0.39, 0.29) is 11.6 Å². The summed E-state index contributed by atoms with van der Waals surface area (Å²) in [5.41, 5.74) is 13.5. The van der Waals surface area contributed by atoms with Crippen molar-refractivity contribution in [3.05, 3.63) is 0 Å². The van der Waals surface area contributed by atoms with Gasteiger partial charge in [0.1, 0.15) is 0 Å². The van der Waals surface area contributed by atoms with Crippen LogP contribution in [-0.4, -0.2) is 36.1 Å². The molecule has 0 rings (SSSR count). The van der Waals surface area contributed by atoms with E-state index in [1.165, 1.54) is 90.1 Å². The van der Waals surface area contributed by atoms with Gasteiger partial charge < -0.3 is 16.4 Å². The van der Waals surface area contributed by atoms with E-state index in [2.05, 4.69) is 32.6 Å². The molecule has 26 heavy (non-hydrogen) atoms. The van der Waals surface area contributed by atoms with Crippen molar-refractivity contribution in [1.82, 2.24) is 4.90 Å². The van der Waals surface area contributed by atoms with Crippen molar-refractivity contribution in [2.24, 2.45) is 11.5 Å². The fourth-order valence-electron chi connectivity index (χ4n) is 3.83. The molecule has 0 aromatic heterocycles. The van der Waals surface area contributed by atoms with Crippen molar-refractivity contribution >= 4 is 0 Å². The largest absolute Gasteiger partial charge is 0.325 e. The Kier molecular flexibility index (Phi) is 16.9. The Labute approximate surface area is 165 Å². The van der Waals surface area contributed by atoms with Crippen LogP contribution in [0.3, 0.4) is 0 Å². The first-order valence-corrected chi connectivity index (χ1v) is 11.8. The van der Waals surface area contributed by atoms with E-state index < -0.39 is 0 Å². The monoisotopic (exact) mass is 369 g/mol. The molecule has 0 radical (unpaired) electrons. The van der Waals surface area contributed by atoms with Crippen LogP contribution in [0.2, 0.25) is 0 Å². The highest BCUT2D eigenvalue weighted by molar-refractivity contribution is 4.95. The van der Waals surface area contributed by atoms with Gasteiger partial charge in [-0.15, -0.1) is 0 Å². The molecule has 1 atom stereocenters. The summed E-state index contributed by atoms with van der Waals surface area (Å²) >= 11 is 0. The molecule has 0 aliphatic rings. The van der Waals surface area contributed by atoms with Crippen molar-refractivity contribution in [3.8, 4) is 0 Å².